The molecular formula is C15H30N2. The zero-order chi connectivity index (χ0) is 12.5. The van der Waals surface area contributed by atoms with Crippen LogP contribution in [0.1, 0.15) is 53.4 Å². The maximum Gasteiger partial charge on any atom is 0.0235 e. The number of likely N-dealkylation sites (N-methyl/N-ethyl adjacent to an activating group) is 1. The van der Waals surface area contributed by atoms with E-state index in [2.05, 4.69) is 37.9 Å². The summed E-state index contributed by atoms with van der Waals surface area (Å²) in [7, 11) is 0. The van der Waals surface area contributed by atoms with Crippen molar-refractivity contribution in [2.24, 2.45) is 11.3 Å². The van der Waals surface area contributed by atoms with Gasteiger partial charge in [0.25, 0.3) is 0 Å². The van der Waals surface area contributed by atoms with E-state index in [4.69, 9.17) is 0 Å². The van der Waals surface area contributed by atoms with Crippen LogP contribution in [0.2, 0.25) is 0 Å². The number of nitrogens with one attached hydrogen (secondary N) is 1. The lowest BCUT2D eigenvalue weighted by Crippen LogP contribution is -2.48. The highest BCUT2D eigenvalue weighted by Gasteiger charge is 2.37. The molecule has 0 aromatic carbocycles. The topological polar surface area (TPSA) is 15.3 Å². The molecule has 1 N–H and O–H groups in total. The Morgan fingerprint density at radius 1 is 1.24 bits per heavy atom. The van der Waals surface area contributed by atoms with E-state index in [0.29, 0.717) is 5.41 Å². The smallest absolute Gasteiger partial charge is 0.0235 e. The molecule has 3 atom stereocenters. The fourth-order valence-electron chi connectivity index (χ4n) is 4.29. The monoisotopic (exact) mass is 238 g/mol. The Kier molecular flexibility index (Phi) is 4.14. The molecule has 1 heterocycles. The van der Waals surface area contributed by atoms with Crippen LogP contribution in [0, 0.1) is 11.3 Å². The van der Waals surface area contributed by atoms with Gasteiger partial charge in [-0.2, -0.15) is 0 Å². The molecule has 0 aromatic rings. The van der Waals surface area contributed by atoms with E-state index < -0.39 is 0 Å². The van der Waals surface area contributed by atoms with Crippen molar-refractivity contribution in [2.45, 2.75) is 65.5 Å². The molecule has 17 heavy (non-hydrogen) atoms. The molecule has 0 bridgehead atoms. The summed E-state index contributed by atoms with van der Waals surface area (Å²) in [5, 5.41) is 3.52. The van der Waals surface area contributed by atoms with E-state index in [9.17, 15) is 0 Å². The molecule has 2 rings (SSSR count). The lowest BCUT2D eigenvalue weighted by atomic mass is 9.70. The molecule has 2 aliphatic rings. The highest BCUT2D eigenvalue weighted by Crippen LogP contribution is 2.41. The summed E-state index contributed by atoms with van der Waals surface area (Å²) in [5.74, 6) is 0.896. The standard InChI is InChI=1S/C15H30N2/c1-5-17(13-6-7-16-11-13)14-8-12(2)9-15(3,4)10-14/h12-14,16H,5-11H2,1-4H3. The molecule has 0 radical (unpaired) electrons. The van der Waals surface area contributed by atoms with Crippen molar-refractivity contribution in [2.75, 3.05) is 19.6 Å². The third-order valence-electron chi connectivity index (χ3n) is 4.70. The number of nitrogens with zero attached hydrogens (tertiary/aromatic N) is 1. The minimum Gasteiger partial charge on any atom is -0.315 e. The number of hydrogen-bond donors (Lipinski definition) is 1. The lowest BCUT2D eigenvalue weighted by Gasteiger charge is -2.45. The lowest BCUT2D eigenvalue weighted by molar-refractivity contribution is 0.0473. The highest BCUT2D eigenvalue weighted by atomic mass is 15.2. The number of rotatable bonds is 3. The molecule has 1 saturated carbocycles. The van der Waals surface area contributed by atoms with E-state index in [0.717, 1.165) is 18.0 Å². The van der Waals surface area contributed by atoms with Crippen molar-refractivity contribution in [1.82, 2.24) is 10.2 Å². The molecule has 1 aliphatic heterocycles. The Labute approximate surface area is 107 Å². The third kappa shape index (κ3) is 3.23. The number of hydrogen-bond acceptors (Lipinski definition) is 2. The molecule has 2 nitrogen and oxygen atoms in total. The summed E-state index contributed by atoms with van der Waals surface area (Å²) in [6.07, 6.45) is 5.55. The van der Waals surface area contributed by atoms with Gasteiger partial charge in [0.1, 0.15) is 0 Å². The highest BCUT2D eigenvalue weighted by molar-refractivity contribution is 4.92. The molecule has 3 unspecified atom stereocenters. The normalized spacial score (nSPS) is 37.6. The second-order valence-electron chi connectivity index (χ2n) is 7.04. The van der Waals surface area contributed by atoms with Crippen LogP contribution in [0.25, 0.3) is 0 Å². The summed E-state index contributed by atoms with van der Waals surface area (Å²) in [4.78, 5) is 2.79. The first-order valence-corrected chi connectivity index (χ1v) is 7.48. The SMILES string of the molecule is CCN(C1CCNC1)C1CC(C)CC(C)(C)C1. The van der Waals surface area contributed by atoms with Crippen LogP contribution >= 0.6 is 0 Å². The summed E-state index contributed by atoms with van der Waals surface area (Å²) in [5.41, 5.74) is 0.543. The molecule has 2 heteroatoms. The van der Waals surface area contributed by atoms with Gasteiger partial charge in [0.15, 0.2) is 0 Å². The van der Waals surface area contributed by atoms with Crippen LogP contribution in [0.4, 0.5) is 0 Å². The fraction of sp³-hybridized carbons (Fsp3) is 1.00. The molecule has 0 aromatic heterocycles. The van der Waals surface area contributed by atoms with Crippen LogP contribution in [0.15, 0.2) is 0 Å². The van der Waals surface area contributed by atoms with Gasteiger partial charge in [0.05, 0.1) is 0 Å². The van der Waals surface area contributed by atoms with Crippen LogP contribution in [0.5, 0.6) is 0 Å². The van der Waals surface area contributed by atoms with Gasteiger partial charge >= 0.3 is 0 Å². The van der Waals surface area contributed by atoms with Crippen molar-refractivity contribution in [3.05, 3.63) is 0 Å². The Hall–Kier alpha value is -0.0800. The van der Waals surface area contributed by atoms with Gasteiger partial charge in [-0.25, -0.2) is 0 Å². The zero-order valence-electron chi connectivity index (χ0n) is 12.1. The molecular weight excluding hydrogens is 208 g/mol. The van der Waals surface area contributed by atoms with Gasteiger partial charge in [-0.05, 0) is 50.1 Å². The predicted octanol–water partition coefficient (Wildman–Crippen LogP) is 2.89. The van der Waals surface area contributed by atoms with Crippen LogP contribution in [-0.2, 0) is 0 Å². The van der Waals surface area contributed by atoms with E-state index in [1.807, 2.05) is 0 Å². The van der Waals surface area contributed by atoms with Crippen molar-refractivity contribution < 1.29 is 0 Å². The average molecular weight is 238 g/mol. The van der Waals surface area contributed by atoms with E-state index >= 15 is 0 Å². The third-order valence-corrected chi connectivity index (χ3v) is 4.70. The maximum absolute atomic E-state index is 3.52. The van der Waals surface area contributed by atoms with E-state index in [1.165, 1.54) is 45.3 Å². The van der Waals surface area contributed by atoms with Gasteiger partial charge in [-0.3, -0.25) is 4.90 Å². The maximum atomic E-state index is 3.52. The summed E-state index contributed by atoms with van der Waals surface area (Å²) < 4.78 is 0. The van der Waals surface area contributed by atoms with E-state index in [-0.39, 0.29) is 0 Å². The van der Waals surface area contributed by atoms with Gasteiger partial charge in [0.2, 0.25) is 0 Å². The van der Waals surface area contributed by atoms with Crippen LogP contribution in [-0.4, -0.2) is 36.6 Å². The minimum absolute atomic E-state index is 0.543. The quantitative estimate of drug-likeness (QED) is 0.813. The molecule has 0 amide bonds. The van der Waals surface area contributed by atoms with Gasteiger partial charge in [-0.15, -0.1) is 0 Å². The minimum atomic E-state index is 0.543. The molecule has 1 saturated heterocycles. The summed E-state index contributed by atoms with van der Waals surface area (Å²) in [6.45, 7) is 13.3. The van der Waals surface area contributed by atoms with E-state index in [1.54, 1.807) is 0 Å². The molecule has 1 aliphatic carbocycles. The zero-order valence-corrected chi connectivity index (χ0v) is 12.1. The first-order chi connectivity index (χ1) is 8.02. The van der Waals surface area contributed by atoms with Gasteiger partial charge in [0, 0.05) is 18.6 Å². The van der Waals surface area contributed by atoms with Crippen LogP contribution < -0.4 is 5.32 Å². The van der Waals surface area contributed by atoms with Crippen LogP contribution in [0.3, 0.4) is 0 Å². The van der Waals surface area contributed by atoms with Crippen molar-refractivity contribution >= 4 is 0 Å². The first-order valence-electron chi connectivity index (χ1n) is 7.48. The van der Waals surface area contributed by atoms with Gasteiger partial charge < -0.3 is 5.32 Å². The second kappa shape index (κ2) is 5.27. The summed E-state index contributed by atoms with van der Waals surface area (Å²) in [6, 6.07) is 1.62. The largest absolute Gasteiger partial charge is 0.315 e. The molecule has 0 spiro atoms. The van der Waals surface area contributed by atoms with Crippen molar-refractivity contribution in [1.29, 1.82) is 0 Å². The second-order valence-corrected chi connectivity index (χ2v) is 7.04. The Balaban J connectivity index is 2.02. The summed E-state index contributed by atoms with van der Waals surface area (Å²) >= 11 is 0. The Morgan fingerprint density at radius 2 is 2.00 bits per heavy atom. The Bertz CT molecular complexity index is 243. The predicted molar refractivity (Wildman–Crippen MR) is 74.2 cm³/mol. The van der Waals surface area contributed by atoms with Gasteiger partial charge in [-0.1, -0.05) is 27.7 Å². The average Bonchev–Trinajstić information content (AvgIpc) is 2.68. The molecule has 2 fully saturated rings. The fourth-order valence-corrected chi connectivity index (χ4v) is 4.29. The van der Waals surface area contributed by atoms with Crippen molar-refractivity contribution in [3.8, 4) is 0 Å². The van der Waals surface area contributed by atoms with Crippen molar-refractivity contribution in [3.63, 3.8) is 0 Å². The molecule has 100 valence electrons. The Morgan fingerprint density at radius 3 is 2.53 bits per heavy atom. The first kappa shape index (κ1) is 13.4.